The largest absolute Gasteiger partial charge is 0.326 e. The first-order valence-corrected chi connectivity index (χ1v) is 11.5. The van der Waals surface area contributed by atoms with Gasteiger partial charge >= 0.3 is 0 Å². The molecule has 1 aromatic carbocycles. The zero-order valence-corrected chi connectivity index (χ0v) is 18.8. The van der Waals surface area contributed by atoms with Gasteiger partial charge in [-0.25, -0.2) is 13.1 Å². The number of nitrogens with one attached hydrogen (secondary N) is 2. The fourth-order valence-corrected chi connectivity index (χ4v) is 4.21. The third-order valence-electron chi connectivity index (χ3n) is 4.66. The molecule has 0 saturated heterocycles. The molecule has 2 aromatic rings. The summed E-state index contributed by atoms with van der Waals surface area (Å²) in [4.78, 5) is 12.7. The van der Waals surface area contributed by atoms with Crippen LogP contribution in [-0.4, -0.2) is 30.7 Å². The highest BCUT2D eigenvalue weighted by Gasteiger charge is 2.17. The van der Waals surface area contributed by atoms with Crippen molar-refractivity contribution in [2.45, 2.75) is 65.3 Å². The highest BCUT2D eigenvalue weighted by atomic mass is 32.2. The van der Waals surface area contributed by atoms with Crippen molar-refractivity contribution in [1.29, 1.82) is 0 Å². The minimum atomic E-state index is -3.59. The summed E-state index contributed by atoms with van der Waals surface area (Å²) < 4.78 is 29.3. The number of sulfonamides is 1. The third kappa shape index (κ3) is 6.40. The lowest BCUT2D eigenvalue weighted by Crippen LogP contribution is -2.25. The predicted octanol–water partition coefficient (Wildman–Crippen LogP) is 3.42. The molecule has 160 valence electrons. The van der Waals surface area contributed by atoms with Crippen molar-refractivity contribution in [1.82, 2.24) is 14.5 Å². The standard InChI is InChI=1S/C21H32N4O3S/c1-6-7-11-22-29(27,28)19-10-8-9-18(12-19)23-21(26)13-20-16(4)24-25(17(20)5)14-15(2)3/h8-10,12,15,22H,6-7,11,13-14H2,1-5H3,(H,23,26). The summed E-state index contributed by atoms with van der Waals surface area (Å²) in [7, 11) is -3.59. The fraction of sp³-hybridized carbons (Fsp3) is 0.524. The van der Waals surface area contributed by atoms with Gasteiger partial charge in [0.2, 0.25) is 15.9 Å². The molecular formula is C21H32N4O3S. The monoisotopic (exact) mass is 420 g/mol. The summed E-state index contributed by atoms with van der Waals surface area (Å²) in [5.74, 6) is 0.263. The van der Waals surface area contributed by atoms with E-state index in [0.717, 1.165) is 36.3 Å². The highest BCUT2D eigenvalue weighted by Crippen LogP contribution is 2.18. The van der Waals surface area contributed by atoms with Gasteiger partial charge in [-0.2, -0.15) is 5.10 Å². The first-order valence-electron chi connectivity index (χ1n) is 10.1. The number of anilines is 1. The van der Waals surface area contributed by atoms with Crippen LogP contribution >= 0.6 is 0 Å². The Kier molecular flexibility index (Phi) is 7.98. The van der Waals surface area contributed by atoms with Gasteiger partial charge < -0.3 is 5.32 Å². The van der Waals surface area contributed by atoms with E-state index in [1.165, 1.54) is 12.1 Å². The van der Waals surface area contributed by atoms with Gasteiger partial charge in [-0.3, -0.25) is 9.48 Å². The summed E-state index contributed by atoms with van der Waals surface area (Å²) in [5, 5.41) is 7.35. The van der Waals surface area contributed by atoms with Crippen molar-refractivity contribution in [3.8, 4) is 0 Å². The van der Waals surface area contributed by atoms with Crippen LogP contribution in [-0.2, 0) is 27.8 Å². The second-order valence-electron chi connectivity index (χ2n) is 7.73. The number of aromatic nitrogens is 2. The second kappa shape index (κ2) is 10.0. The Morgan fingerprint density at radius 2 is 1.97 bits per heavy atom. The molecule has 0 aliphatic carbocycles. The van der Waals surface area contributed by atoms with Crippen LogP contribution in [0.15, 0.2) is 29.2 Å². The summed E-state index contributed by atoms with van der Waals surface area (Å²) >= 11 is 0. The molecule has 7 nitrogen and oxygen atoms in total. The number of benzene rings is 1. The molecule has 8 heteroatoms. The van der Waals surface area contributed by atoms with E-state index >= 15 is 0 Å². The molecule has 0 atom stereocenters. The Hall–Kier alpha value is -2.19. The summed E-state index contributed by atoms with van der Waals surface area (Å²) in [6.45, 7) is 11.3. The van der Waals surface area contributed by atoms with Crippen LogP contribution in [0.2, 0.25) is 0 Å². The molecular weight excluding hydrogens is 388 g/mol. The average Bonchev–Trinajstić information content (AvgIpc) is 2.89. The number of hydrogen-bond acceptors (Lipinski definition) is 4. The SMILES string of the molecule is CCCCNS(=O)(=O)c1cccc(NC(=O)Cc2c(C)nn(CC(C)C)c2C)c1. The molecule has 1 aromatic heterocycles. The lowest BCUT2D eigenvalue weighted by molar-refractivity contribution is -0.115. The van der Waals surface area contributed by atoms with E-state index in [2.05, 4.69) is 29.0 Å². The molecule has 0 aliphatic rings. The zero-order valence-electron chi connectivity index (χ0n) is 17.9. The summed E-state index contributed by atoms with van der Waals surface area (Å²) in [5.41, 5.74) is 3.20. The van der Waals surface area contributed by atoms with Gasteiger partial charge in [0.25, 0.3) is 0 Å². The molecule has 0 saturated carbocycles. The van der Waals surface area contributed by atoms with E-state index in [9.17, 15) is 13.2 Å². The molecule has 0 bridgehead atoms. The van der Waals surface area contributed by atoms with E-state index in [-0.39, 0.29) is 17.2 Å². The number of nitrogens with zero attached hydrogens (tertiary/aromatic N) is 2. The lowest BCUT2D eigenvalue weighted by atomic mass is 10.1. The Labute approximate surface area is 173 Å². The third-order valence-corrected chi connectivity index (χ3v) is 6.12. The van der Waals surface area contributed by atoms with Gasteiger partial charge in [0, 0.05) is 30.0 Å². The van der Waals surface area contributed by atoms with Gasteiger partial charge in [-0.15, -0.1) is 0 Å². The Bertz CT molecular complexity index is 949. The van der Waals surface area contributed by atoms with Crippen molar-refractivity contribution >= 4 is 21.6 Å². The molecule has 0 aliphatic heterocycles. The first-order chi connectivity index (χ1) is 13.6. The predicted molar refractivity (Wildman–Crippen MR) is 115 cm³/mol. The maximum Gasteiger partial charge on any atom is 0.240 e. The number of unbranched alkanes of at least 4 members (excludes halogenated alkanes) is 1. The van der Waals surface area contributed by atoms with Crippen molar-refractivity contribution in [2.75, 3.05) is 11.9 Å². The van der Waals surface area contributed by atoms with E-state index in [1.807, 2.05) is 25.5 Å². The Morgan fingerprint density at radius 3 is 2.62 bits per heavy atom. The molecule has 2 N–H and O–H groups in total. The van der Waals surface area contributed by atoms with Gasteiger partial charge in [-0.05, 0) is 44.4 Å². The molecule has 0 fully saturated rings. The highest BCUT2D eigenvalue weighted by molar-refractivity contribution is 7.89. The molecule has 1 heterocycles. The minimum Gasteiger partial charge on any atom is -0.326 e. The van der Waals surface area contributed by atoms with Crippen molar-refractivity contribution in [3.05, 3.63) is 41.2 Å². The van der Waals surface area contributed by atoms with E-state index < -0.39 is 10.0 Å². The molecule has 0 spiro atoms. The van der Waals surface area contributed by atoms with Crippen LogP contribution in [0.3, 0.4) is 0 Å². The number of amides is 1. The van der Waals surface area contributed by atoms with Crippen LogP contribution in [0.4, 0.5) is 5.69 Å². The minimum absolute atomic E-state index is 0.142. The normalized spacial score (nSPS) is 11.8. The maximum absolute atomic E-state index is 12.6. The van der Waals surface area contributed by atoms with Crippen LogP contribution < -0.4 is 10.0 Å². The molecule has 29 heavy (non-hydrogen) atoms. The van der Waals surface area contributed by atoms with E-state index in [1.54, 1.807) is 12.1 Å². The fourth-order valence-electron chi connectivity index (χ4n) is 3.09. The quantitative estimate of drug-likeness (QED) is 0.576. The summed E-state index contributed by atoms with van der Waals surface area (Å²) in [6.07, 6.45) is 1.88. The molecule has 1 amide bonds. The number of aryl methyl sites for hydroxylation is 1. The number of hydrogen-bond donors (Lipinski definition) is 2. The van der Waals surface area contributed by atoms with Crippen molar-refractivity contribution in [2.24, 2.45) is 5.92 Å². The van der Waals surface area contributed by atoms with Crippen LogP contribution in [0.25, 0.3) is 0 Å². The van der Waals surface area contributed by atoms with E-state index in [4.69, 9.17) is 0 Å². The van der Waals surface area contributed by atoms with Crippen LogP contribution in [0.1, 0.15) is 50.6 Å². The maximum atomic E-state index is 12.6. The Morgan fingerprint density at radius 1 is 1.24 bits per heavy atom. The van der Waals surface area contributed by atoms with Crippen molar-refractivity contribution < 1.29 is 13.2 Å². The Balaban J connectivity index is 2.09. The number of carbonyl (C=O) groups excluding carboxylic acids is 1. The van der Waals surface area contributed by atoms with Crippen LogP contribution in [0.5, 0.6) is 0 Å². The van der Waals surface area contributed by atoms with E-state index in [0.29, 0.717) is 18.2 Å². The second-order valence-corrected chi connectivity index (χ2v) is 9.50. The summed E-state index contributed by atoms with van der Waals surface area (Å²) in [6, 6.07) is 6.31. The number of rotatable bonds is 10. The topological polar surface area (TPSA) is 93.1 Å². The van der Waals surface area contributed by atoms with Gasteiger partial charge in [0.15, 0.2) is 0 Å². The van der Waals surface area contributed by atoms with Crippen molar-refractivity contribution in [3.63, 3.8) is 0 Å². The molecule has 0 unspecified atom stereocenters. The lowest BCUT2D eigenvalue weighted by Gasteiger charge is -2.10. The smallest absolute Gasteiger partial charge is 0.240 e. The van der Waals surface area contributed by atoms with Gasteiger partial charge in [0.05, 0.1) is 17.0 Å². The van der Waals surface area contributed by atoms with Gasteiger partial charge in [0.1, 0.15) is 0 Å². The number of carbonyl (C=O) groups is 1. The van der Waals surface area contributed by atoms with Gasteiger partial charge in [-0.1, -0.05) is 33.3 Å². The zero-order chi connectivity index (χ0) is 21.6. The van der Waals surface area contributed by atoms with Crippen LogP contribution in [0, 0.1) is 19.8 Å². The molecule has 0 radical (unpaired) electrons. The molecule has 2 rings (SSSR count). The average molecular weight is 421 g/mol. The first kappa shape index (κ1) is 23.1.